The molecule has 3 aliphatic heterocycles. The molecule has 0 N–H and O–H groups in total. The van der Waals surface area contributed by atoms with Gasteiger partial charge in [0.25, 0.3) is 0 Å². The van der Waals surface area contributed by atoms with Crippen molar-refractivity contribution in [3.63, 3.8) is 0 Å². The summed E-state index contributed by atoms with van der Waals surface area (Å²) in [5.41, 5.74) is 58.7. The summed E-state index contributed by atoms with van der Waals surface area (Å²) in [5, 5.41) is 0. The van der Waals surface area contributed by atoms with Gasteiger partial charge in [0.1, 0.15) is 0 Å². The van der Waals surface area contributed by atoms with Gasteiger partial charge in [-0.25, -0.2) is 14.1 Å². The maximum atomic E-state index is 11.5. The van der Waals surface area contributed by atoms with Crippen LogP contribution in [0.15, 0.2) is 241 Å². The molecule has 10 heteroatoms. The van der Waals surface area contributed by atoms with Crippen LogP contribution in [-0.4, -0.2) is 14.1 Å². The summed E-state index contributed by atoms with van der Waals surface area (Å²) in [7, 11) is 0. The quantitative estimate of drug-likeness (QED) is 0.0217. The summed E-state index contributed by atoms with van der Waals surface area (Å²) in [4.78, 5) is 0. The maximum absolute atomic E-state index is 11.5. The van der Waals surface area contributed by atoms with Gasteiger partial charge in [-0.2, -0.15) is 0 Å². The van der Waals surface area contributed by atoms with E-state index in [1.807, 2.05) is 72.8 Å². The third kappa shape index (κ3) is 29.5. The molecule has 8 aromatic carbocycles. The zero-order valence-corrected chi connectivity index (χ0v) is 69.9. The van der Waals surface area contributed by atoms with E-state index in [0.29, 0.717) is 13.2 Å². The minimum absolute atomic E-state index is 0. The molecule has 11 rings (SSSR count). The van der Waals surface area contributed by atoms with E-state index in [0.717, 1.165) is 143 Å². The van der Waals surface area contributed by atoms with Gasteiger partial charge in [-0.05, 0) is 187 Å². The fraction of sp³-hybridized carbons (Fsp3) is 0.400. The zero-order chi connectivity index (χ0) is 77.2. The molecule has 0 radical (unpaired) electrons. The van der Waals surface area contributed by atoms with Crippen molar-refractivity contribution in [1.82, 2.24) is 0 Å². The van der Waals surface area contributed by atoms with E-state index in [9.17, 15) is 16.6 Å². The fourth-order valence-electron chi connectivity index (χ4n) is 14.5. The van der Waals surface area contributed by atoms with Crippen molar-refractivity contribution in [2.45, 2.75) is 262 Å². The first-order chi connectivity index (χ1) is 53.3. The van der Waals surface area contributed by atoms with Gasteiger partial charge in [0.05, 0.1) is 0 Å². The Hall–Kier alpha value is -8.09. The predicted molar refractivity (Wildman–Crippen MR) is 456 cm³/mol. The van der Waals surface area contributed by atoms with Crippen LogP contribution in [0.1, 0.15) is 287 Å². The second-order valence-electron chi connectivity index (χ2n) is 30.0. The monoisotopic (exact) mass is 1560 g/mol. The molecule has 3 aliphatic rings. The molecule has 0 atom stereocenters. The second kappa shape index (κ2) is 50.7. The Bertz CT molecular complexity index is 4160. The predicted octanol–water partition coefficient (Wildman–Crippen LogP) is 29.5. The van der Waals surface area contributed by atoms with Gasteiger partial charge in [-0.15, -0.1) is 0 Å². The molecular formula is C100H126N6Ni2O2. The van der Waals surface area contributed by atoms with Crippen LogP contribution in [0.25, 0.3) is 50.8 Å². The van der Waals surface area contributed by atoms with Crippen molar-refractivity contribution in [2.75, 3.05) is 0 Å². The summed E-state index contributed by atoms with van der Waals surface area (Å²) in [6.45, 7) is 20.7. The van der Waals surface area contributed by atoms with Gasteiger partial charge in [0, 0.05) is 84.8 Å². The Kier molecular flexibility index (Phi) is 41.1. The molecule has 0 saturated carbocycles. The van der Waals surface area contributed by atoms with Crippen molar-refractivity contribution in [2.24, 2.45) is 0 Å². The van der Waals surface area contributed by atoms with Crippen molar-refractivity contribution < 1.29 is 53.4 Å². The zero-order valence-electron chi connectivity index (χ0n) is 67.9. The molecule has 0 amide bonds. The average Bonchev–Trinajstić information content (AvgIpc) is 1.64. The number of allylic oxidation sites excluding steroid dienone is 6. The van der Waals surface area contributed by atoms with E-state index < -0.39 is 0 Å². The third-order valence-corrected chi connectivity index (χ3v) is 21.1. The summed E-state index contributed by atoms with van der Waals surface area (Å²) in [5.74, 6) is 0. The van der Waals surface area contributed by atoms with Gasteiger partial charge < -0.3 is 16.6 Å². The van der Waals surface area contributed by atoms with Crippen molar-refractivity contribution in [3.8, 4) is 0 Å². The summed E-state index contributed by atoms with van der Waals surface area (Å²) in [6, 6.07) is 71.6. The third-order valence-electron chi connectivity index (χ3n) is 20.6. The molecule has 0 fully saturated rings. The Morgan fingerprint density at radius 3 is 0.927 bits per heavy atom. The topological polar surface area (TPSA) is 94.4 Å². The Balaban J connectivity index is 0.000000209. The number of nitrogens with zero attached hydrogens (tertiary/aromatic N) is 6. The van der Waals surface area contributed by atoms with Crippen molar-refractivity contribution in [1.29, 1.82) is 0 Å². The van der Waals surface area contributed by atoms with Gasteiger partial charge in [0.2, 0.25) is 34.2 Å². The molecule has 8 aromatic rings. The standard InChI is InChI=1S/C34H48N2.2C26H32N2.2C7H7O.2Ni/c1-4-7-10-12-13-14-19-29-20-16-23-30(25-29)33-27-32(22-15-11-8-5-2)34(36(33)35)31-24-17-21-28(26-31)18-9-6-3;2*1-4-5-6-7-8-9-13-22-14-11-15-23(19-22)25-18-21(3)26(28(25)27)24-16-10-12-20(2)17-24;2*8-6-7-4-2-1-3-5-7;;/h16-17,20-21,23-27H,4-15,18-19,22H2,1-3H3;2*10-12,14-19H,4-9,13H2,1-3H3;2*1-5H,6H2;;/q;;;2*-1;;+2. The molecule has 588 valence electrons. The Morgan fingerprint density at radius 2 is 0.555 bits per heavy atom. The van der Waals surface area contributed by atoms with Crippen LogP contribution in [0.3, 0.4) is 0 Å². The molecule has 0 aliphatic carbocycles. The van der Waals surface area contributed by atoms with E-state index in [1.54, 1.807) is 0 Å². The van der Waals surface area contributed by atoms with E-state index >= 15 is 0 Å². The number of unbranched alkanes of at least 4 members (excludes halogenated alkanes) is 19. The van der Waals surface area contributed by atoms with Gasteiger partial charge in [0.15, 0.2) is 0 Å². The first-order valence-corrected chi connectivity index (χ1v) is 42.3. The number of aryl methyl sites for hydroxylation is 6. The number of hydrogen-bond acceptors (Lipinski definition) is 2. The van der Waals surface area contributed by atoms with Crippen LogP contribution in [0, 0.1) is 13.8 Å². The Morgan fingerprint density at radius 1 is 0.273 bits per heavy atom. The van der Waals surface area contributed by atoms with Crippen LogP contribution in [-0.2, 0) is 78.2 Å². The summed E-state index contributed by atoms with van der Waals surface area (Å²) < 4.78 is 14.9. The molecular weight excluding hydrogens is 1430 g/mol. The molecule has 3 heterocycles. The number of hydrogen-bond donors (Lipinski definition) is 0. The van der Waals surface area contributed by atoms with Crippen LogP contribution in [0.5, 0.6) is 0 Å². The van der Waals surface area contributed by atoms with Crippen LogP contribution >= 0.6 is 0 Å². The summed E-state index contributed by atoms with van der Waals surface area (Å²) in [6.07, 6.45) is 42.8. The molecule has 110 heavy (non-hydrogen) atoms. The molecule has 0 aromatic heterocycles. The van der Waals surface area contributed by atoms with Crippen LogP contribution in [0.4, 0.5) is 0 Å². The minimum atomic E-state index is 0. The van der Waals surface area contributed by atoms with E-state index in [1.165, 1.54) is 201 Å². The molecule has 0 spiro atoms. The van der Waals surface area contributed by atoms with Gasteiger partial charge in [-0.3, -0.25) is 0 Å². The Labute approximate surface area is 680 Å². The first kappa shape index (κ1) is 89.1. The summed E-state index contributed by atoms with van der Waals surface area (Å²) >= 11 is 0.863. The van der Waals surface area contributed by atoms with E-state index in [2.05, 4.69) is 214 Å². The van der Waals surface area contributed by atoms with Gasteiger partial charge in [-0.1, -0.05) is 241 Å². The van der Waals surface area contributed by atoms with Gasteiger partial charge >= 0.3 is 108 Å². The van der Waals surface area contributed by atoms with E-state index in [4.69, 9.17) is 7.76 Å². The molecule has 0 unspecified atom stereocenters. The normalized spacial score (nSPS) is 13.2. The van der Waals surface area contributed by atoms with Crippen molar-refractivity contribution >= 4 is 34.2 Å². The molecule has 0 saturated heterocycles. The number of rotatable bonds is 41. The molecule has 8 nitrogen and oxygen atoms in total. The van der Waals surface area contributed by atoms with Crippen LogP contribution in [0.2, 0.25) is 0 Å². The fourth-order valence-corrected chi connectivity index (χ4v) is 15.0. The second-order valence-corrected chi connectivity index (χ2v) is 30.7. The average molecular weight is 1560 g/mol. The van der Waals surface area contributed by atoms with E-state index in [-0.39, 0.29) is 16.5 Å². The molecule has 0 bridgehead atoms. The number of benzene rings is 8. The first-order valence-electron chi connectivity index (χ1n) is 41.5. The SMILES string of the molecule is CCCCCCCCc1cccc(C2=CC(C)=C(c3cccc(C)c3)[N+]2=[N-])c1.CCCCCCCCc1cccc(C2=CC(C)=C(c3cccc(C)c3)[N+]2=[N-])c1.CCCCCCCCc1cccc(C2=CC(CCCCCC)=C(c3cccc(CCCC)c3)[N+]2=[N-])c1.[Ni].c1ccc(C[O][Ni][O]Cc2ccccc2)cc1. The van der Waals surface area contributed by atoms with Crippen LogP contribution < -0.4 is 0 Å². The van der Waals surface area contributed by atoms with Crippen molar-refractivity contribution in [3.05, 3.63) is 336 Å².